The maximum atomic E-state index is 12.4. The van der Waals surface area contributed by atoms with E-state index in [2.05, 4.69) is 0 Å². The lowest BCUT2D eigenvalue weighted by atomic mass is 10.0. The predicted molar refractivity (Wildman–Crippen MR) is 92.0 cm³/mol. The van der Waals surface area contributed by atoms with Crippen molar-refractivity contribution in [1.82, 2.24) is 0 Å². The molecule has 0 aliphatic rings. The quantitative estimate of drug-likeness (QED) is 0.572. The van der Waals surface area contributed by atoms with Crippen molar-refractivity contribution in [2.24, 2.45) is 0 Å². The van der Waals surface area contributed by atoms with Crippen LogP contribution in [-0.2, 0) is 0 Å². The smallest absolute Gasteiger partial charge is 0.189 e. The van der Waals surface area contributed by atoms with Crippen molar-refractivity contribution in [3.8, 4) is 11.5 Å². The molecule has 114 valence electrons. The molecular weight excluding hydrogens is 288 g/mol. The van der Waals surface area contributed by atoms with Gasteiger partial charge in [-0.1, -0.05) is 48.5 Å². The van der Waals surface area contributed by atoms with Crippen molar-refractivity contribution in [2.45, 2.75) is 0 Å². The van der Waals surface area contributed by atoms with Crippen molar-refractivity contribution in [3.05, 3.63) is 77.9 Å². The lowest BCUT2D eigenvalue weighted by Crippen LogP contribution is -1.95. The third-order valence-electron chi connectivity index (χ3n) is 3.72. The average molecular weight is 304 g/mol. The number of fused-ring (bicyclic) bond motifs is 1. The van der Waals surface area contributed by atoms with Gasteiger partial charge >= 0.3 is 0 Å². The number of hydrogen-bond donors (Lipinski definition) is 1. The first-order chi connectivity index (χ1) is 11.2. The van der Waals surface area contributed by atoms with Gasteiger partial charge in [-0.05, 0) is 29.7 Å². The molecule has 1 N–H and O–H groups in total. The monoisotopic (exact) mass is 304 g/mol. The van der Waals surface area contributed by atoms with Crippen LogP contribution in [0.2, 0.25) is 0 Å². The number of carbonyl (C=O) groups is 1. The van der Waals surface area contributed by atoms with Gasteiger partial charge in [0.1, 0.15) is 11.5 Å². The minimum atomic E-state index is -0.251. The van der Waals surface area contributed by atoms with Crippen LogP contribution in [0, 0.1) is 0 Å². The second-order valence-corrected chi connectivity index (χ2v) is 5.12. The summed E-state index contributed by atoms with van der Waals surface area (Å²) in [4.78, 5) is 12.4. The number of hydrogen-bond acceptors (Lipinski definition) is 3. The molecule has 0 heterocycles. The molecule has 0 fully saturated rings. The minimum absolute atomic E-state index is 0.0118. The van der Waals surface area contributed by atoms with E-state index in [0.717, 1.165) is 10.9 Å². The minimum Gasteiger partial charge on any atom is -0.507 e. The number of ether oxygens (including phenoxy) is 1. The molecule has 3 aromatic carbocycles. The van der Waals surface area contributed by atoms with Crippen LogP contribution in [0.4, 0.5) is 0 Å². The summed E-state index contributed by atoms with van der Waals surface area (Å²) in [6, 6.07) is 18.3. The van der Waals surface area contributed by atoms with E-state index in [4.69, 9.17) is 4.74 Å². The van der Waals surface area contributed by atoms with Crippen LogP contribution in [0.25, 0.3) is 16.8 Å². The van der Waals surface area contributed by atoms with Gasteiger partial charge in [0.15, 0.2) is 5.78 Å². The van der Waals surface area contributed by atoms with Crippen molar-refractivity contribution in [2.75, 3.05) is 7.11 Å². The van der Waals surface area contributed by atoms with Crippen LogP contribution in [0.1, 0.15) is 15.9 Å². The Labute approximate surface area is 134 Å². The third kappa shape index (κ3) is 2.94. The van der Waals surface area contributed by atoms with E-state index < -0.39 is 0 Å². The highest BCUT2D eigenvalue weighted by molar-refractivity contribution is 6.11. The van der Waals surface area contributed by atoms with Crippen LogP contribution >= 0.6 is 0 Å². The number of rotatable bonds is 4. The lowest BCUT2D eigenvalue weighted by molar-refractivity contribution is 0.104. The molecule has 0 atom stereocenters. The number of phenolic OH excluding ortho intramolecular Hbond substituents is 1. The summed E-state index contributed by atoms with van der Waals surface area (Å²) >= 11 is 0. The molecule has 0 bridgehead atoms. The molecule has 0 unspecified atom stereocenters. The number of ketones is 1. The fraction of sp³-hybridized carbons (Fsp3) is 0.0500. The second-order valence-electron chi connectivity index (χ2n) is 5.12. The molecule has 0 saturated carbocycles. The van der Waals surface area contributed by atoms with Crippen LogP contribution < -0.4 is 4.74 Å². The molecule has 0 spiro atoms. The molecule has 3 nitrogen and oxygen atoms in total. The highest BCUT2D eigenvalue weighted by Gasteiger charge is 2.11. The zero-order valence-electron chi connectivity index (χ0n) is 12.7. The van der Waals surface area contributed by atoms with E-state index in [1.807, 2.05) is 48.5 Å². The number of phenols is 1. The Kier molecular flexibility index (Phi) is 4.11. The highest BCUT2D eigenvalue weighted by Crippen LogP contribution is 2.29. The average Bonchev–Trinajstić information content (AvgIpc) is 2.60. The molecule has 23 heavy (non-hydrogen) atoms. The summed E-state index contributed by atoms with van der Waals surface area (Å²) in [5.74, 6) is 0.455. The summed E-state index contributed by atoms with van der Waals surface area (Å²) in [5.41, 5.74) is 1.10. The van der Waals surface area contributed by atoms with E-state index in [-0.39, 0.29) is 17.1 Å². The summed E-state index contributed by atoms with van der Waals surface area (Å²) in [7, 11) is 1.59. The maximum absolute atomic E-state index is 12.4. The fourth-order valence-electron chi connectivity index (χ4n) is 2.51. The van der Waals surface area contributed by atoms with E-state index in [1.165, 1.54) is 6.08 Å². The van der Waals surface area contributed by atoms with Crippen LogP contribution in [0.15, 0.2) is 66.7 Å². The number of aromatic hydroxyl groups is 1. The number of methoxy groups -OCH3 is 1. The molecule has 3 heteroatoms. The standard InChI is InChI=1S/C20H16O3/c1-23-19-9-5-3-7-15(19)11-13-18(21)17-12-10-14-6-2-4-8-16(14)20(17)22/h2-13,22H,1H3/b13-11+. The van der Waals surface area contributed by atoms with Crippen molar-refractivity contribution >= 4 is 22.6 Å². The third-order valence-corrected chi connectivity index (χ3v) is 3.72. The summed E-state index contributed by atoms with van der Waals surface area (Å²) < 4.78 is 5.25. The molecule has 0 aliphatic heterocycles. The first-order valence-corrected chi connectivity index (χ1v) is 7.27. The van der Waals surface area contributed by atoms with E-state index in [9.17, 15) is 9.90 Å². The van der Waals surface area contributed by atoms with Gasteiger partial charge in [-0.3, -0.25) is 4.79 Å². The van der Waals surface area contributed by atoms with Crippen LogP contribution in [0.3, 0.4) is 0 Å². The topological polar surface area (TPSA) is 46.5 Å². The van der Waals surface area contributed by atoms with E-state index >= 15 is 0 Å². The van der Waals surface area contributed by atoms with Crippen LogP contribution in [0.5, 0.6) is 11.5 Å². The Bertz CT molecular complexity index is 894. The predicted octanol–water partition coefficient (Wildman–Crippen LogP) is 4.45. The van der Waals surface area contributed by atoms with Gasteiger partial charge in [0.25, 0.3) is 0 Å². The number of benzene rings is 3. The lowest BCUT2D eigenvalue weighted by Gasteiger charge is -2.06. The molecule has 0 amide bonds. The Morgan fingerprint density at radius 2 is 1.74 bits per heavy atom. The number of allylic oxidation sites excluding steroid dienone is 1. The summed E-state index contributed by atoms with van der Waals surface area (Å²) in [6.45, 7) is 0. The van der Waals surface area contributed by atoms with Gasteiger partial charge < -0.3 is 9.84 Å². The molecule has 0 radical (unpaired) electrons. The SMILES string of the molecule is COc1ccccc1/C=C/C(=O)c1ccc2ccccc2c1O. The fourth-order valence-corrected chi connectivity index (χ4v) is 2.51. The first-order valence-electron chi connectivity index (χ1n) is 7.27. The molecule has 3 aromatic rings. The summed E-state index contributed by atoms with van der Waals surface area (Å²) in [5, 5.41) is 11.9. The zero-order chi connectivity index (χ0) is 16.2. The van der Waals surface area contributed by atoms with Gasteiger partial charge in [0, 0.05) is 10.9 Å². The normalized spacial score (nSPS) is 11.0. The van der Waals surface area contributed by atoms with E-state index in [1.54, 1.807) is 25.3 Å². The molecule has 3 rings (SSSR count). The van der Waals surface area contributed by atoms with Gasteiger partial charge in [0.2, 0.25) is 0 Å². The van der Waals surface area contributed by atoms with Gasteiger partial charge in [-0.2, -0.15) is 0 Å². The number of carbonyl (C=O) groups excluding carboxylic acids is 1. The van der Waals surface area contributed by atoms with Crippen molar-refractivity contribution in [1.29, 1.82) is 0 Å². The zero-order valence-corrected chi connectivity index (χ0v) is 12.7. The first kappa shape index (κ1) is 14.9. The van der Waals surface area contributed by atoms with Crippen molar-refractivity contribution in [3.63, 3.8) is 0 Å². The Hall–Kier alpha value is -3.07. The Balaban J connectivity index is 1.95. The van der Waals surface area contributed by atoms with E-state index in [0.29, 0.717) is 11.1 Å². The second kappa shape index (κ2) is 6.36. The molecule has 0 aliphatic carbocycles. The Morgan fingerprint density at radius 3 is 2.57 bits per heavy atom. The number of para-hydroxylation sites is 1. The largest absolute Gasteiger partial charge is 0.507 e. The molecule has 0 saturated heterocycles. The molecule has 0 aromatic heterocycles. The van der Waals surface area contributed by atoms with Gasteiger partial charge in [-0.25, -0.2) is 0 Å². The summed E-state index contributed by atoms with van der Waals surface area (Å²) in [6.07, 6.45) is 3.14. The molecular formula is C20H16O3. The maximum Gasteiger partial charge on any atom is 0.189 e. The van der Waals surface area contributed by atoms with Gasteiger partial charge in [0.05, 0.1) is 12.7 Å². The van der Waals surface area contributed by atoms with Gasteiger partial charge in [-0.15, -0.1) is 0 Å². The highest BCUT2D eigenvalue weighted by atomic mass is 16.5. The Morgan fingerprint density at radius 1 is 1.00 bits per heavy atom. The van der Waals surface area contributed by atoms with Crippen molar-refractivity contribution < 1.29 is 14.6 Å². The van der Waals surface area contributed by atoms with Crippen LogP contribution in [-0.4, -0.2) is 18.0 Å².